The Morgan fingerprint density at radius 2 is 2.16 bits per heavy atom. The third-order valence-corrected chi connectivity index (χ3v) is 4.36. The first-order chi connectivity index (χ1) is 9.28. The third-order valence-electron chi connectivity index (χ3n) is 4.36. The van der Waals surface area contributed by atoms with Gasteiger partial charge in [0.05, 0.1) is 7.11 Å². The molecule has 0 bridgehead atoms. The molecule has 1 heterocycles. The largest absolute Gasteiger partial charge is 0.497 e. The molecule has 104 valence electrons. The van der Waals surface area contributed by atoms with Gasteiger partial charge in [0, 0.05) is 24.8 Å². The Hall–Kier alpha value is -1.22. The molecule has 1 aromatic carbocycles. The highest BCUT2D eigenvalue weighted by Crippen LogP contribution is 2.35. The summed E-state index contributed by atoms with van der Waals surface area (Å²) in [5.41, 5.74) is 2.69. The maximum atomic E-state index is 5.30. The molecular weight excluding hydrogens is 236 g/mol. The molecule has 2 fully saturated rings. The van der Waals surface area contributed by atoms with Crippen molar-refractivity contribution in [3.05, 3.63) is 23.8 Å². The molecule has 1 unspecified atom stereocenters. The number of aryl methyl sites for hydroxylation is 1. The summed E-state index contributed by atoms with van der Waals surface area (Å²) in [4.78, 5) is 2.55. The van der Waals surface area contributed by atoms with Gasteiger partial charge < -0.3 is 15.0 Å². The highest BCUT2D eigenvalue weighted by Gasteiger charge is 2.33. The summed E-state index contributed by atoms with van der Waals surface area (Å²) in [7, 11) is 1.73. The number of methoxy groups -OCH3 is 1. The smallest absolute Gasteiger partial charge is 0.119 e. The number of nitrogens with zero attached hydrogens (tertiary/aromatic N) is 1. The van der Waals surface area contributed by atoms with Crippen LogP contribution in [0.25, 0.3) is 0 Å². The molecule has 19 heavy (non-hydrogen) atoms. The van der Waals surface area contributed by atoms with Crippen LogP contribution in [-0.4, -0.2) is 32.8 Å². The fourth-order valence-corrected chi connectivity index (χ4v) is 3.09. The van der Waals surface area contributed by atoms with E-state index in [-0.39, 0.29) is 0 Å². The minimum atomic E-state index is 0.684. The van der Waals surface area contributed by atoms with Crippen LogP contribution in [-0.2, 0) is 0 Å². The van der Waals surface area contributed by atoms with Crippen LogP contribution in [0.2, 0.25) is 0 Å². The van der Waals surface area contributed by atoms with Gasteiger partial charge in [-0.1, -0.05) is 0 Å². The summed E-state index contributed by atoms with van der Waals surface area (Å²) in [5.74, 6) is 1.87. The topological polar surface area (TPSA) is 24.5 Å². The zero-order valence-electron chi connectivity index (χ0n) is 12.0. The molecule has 1 saturated heterocycles. The van der Waals surface area contributed by atoms with Gasteiger partial charge in [-0.2, -0.15) is 0 Å². The molecule has 1 aliphatic heterocycles. The second-order valence-corrected chi connectivity index (χ2v) is 5.85. The first-order valence-electron chi connectivity index (χ1n) is 7.41. The minimum absolute atomic E-state index is 0.684. The second kappa shape index (κ2) is 5.41. The molecule has 0 amide bonds. The van der Waals surface area contributed by atoms with Crippen LogP contribution in [0.4, 0.5) is 5.69 Å². The van der Waals surface area contributed by atoms with E-state index in [1.165, 1.54) is 30.5 Å². The van der Waals surface area contributed by atoms with Gasteiger partial charge in [0.2, 0.25) is 0 Å². The van der Waals surface area contributed by atoms with E-state index in [0.29, 0.717) is 6.04 Å². The average Bonchev–Trinajstić information content (AvgIpc) is 3.24. The highest BCUT2D eigenvalue weighted by atomic mass is 16.5. The van der Waals surface area contributed by atoms with Gasteiger partial charge in [-0.05, 0) is 62.4 Å². The van der Waals surface area contributed by atoms with Gasteiger partial charge in [0.25, 0.3) is 0 Å². The predicted molar refractivity (Wildman–Crippen MR) is 79.1 cm³/mol. The second-order valence-electron chi connectivity index (χ2n) is 5.85. The van der Waals surface area contributed by atoms with Crippen LogP contribution in [0.15, 0.2) is 18.2 Å². The molecule has 1 aromatic rings. The number of hydrogen-bond donors (Lipinski definition) is 1. The number of rotatable bonds is 3. The van der Waals surface area contributed by atoms with Gasteiger partial charge in [-0.3, -0.25) is 0 Å². The monoisotopic (exact) mass is 260 g/mol. The van der Waals surface area contributed by atoms with Crippen molar-refractivity contribution in [1.82, 2.24) is 5.32 Å². The molecule has 1 atom stereocenters. The van der Waals surface area contributed by atoms with Crippen LogP contribution in [0.5, 0.6) is 5.75 Å². The Bertz CT molecular complexity index is 442. The summed E-state index contributed by atoms with van der Waals surface area (Å²) in [6.45, 7) is 5.65. The van der Waals surface area contributed by atoms with Crippen LogP contribution in [0.3, 0.4) is 0 Å². The van der Waals surface area contributed by atoms with Crippen LogP contribution < -0.4 is 15.0 Å². The molecule has 0 spiro atoms. The number of ether oxygens (including phenoxy) is 1. The number of nitrogens with one attached hydrogen (secondary N) is 1. The lowest BCUT2D eigenvalue weighted by molar-refractivity contribution is 0.414. The van der Waals surface area contributed by atoms with Crippen molar-refractivity contribution in [2.75, 3.05) is 31.6 Å². The molecule has 3 rings (SSSR count). The van der Waals surface area contributed by atoms with Crippen LogP contribution in [0, 0.1) is 12.8 Å². The van der Waals surface area contributed by atoms with Crippen molar-refractivity contribution in [3.8, 4) is 5.75 Å². The maximum Gasteiger partial charge on any atom is 0.119 e. The number of anilines is 1. The van der Waals surface area contributed by atoms with Gasteiger partial charge >= 0.3 is 0 Å². The first kappa shape index (κ1) is 12.8. The van der Waals surface area contributed by atoms with Crippen molar-refractivity contribution in [1.29, 1.82) is 0 Å². The summed E-state index contributed by atoms with van der Waals surface area (Å²) in [5, 5.41) is 3.72. The lowest BCUT2D eigenvalue weighted by Crippen LogP contribution is -2.39. The Labute approximate surface area is 115 Å². The average molecular weight is 260 g/mol. The lowest BCUT2D eigenvalue weighted by atomic mass is 10.1. The SMILES string of the molecule is COc1ccc(N2CCCNC(C3CC3)C2)c(C)c1. The van der Waals surface area contributed by atoms with E-state index in [1.54, 1.807) is 7.11 Å². The Kier molecular flexibility index (Phi) is 3.65. The summed E-state index contributed by atoms with van der Waals surface area (Å²) >= 11 is 0. The standard InChI is InChI=1S/C16H24N2O/c1-12-10-14(19-2)6-7-16(12)18-9-3-8-17-15(11-18)13-4-5-13/h6-7,10,13,15,17H,3-5,8-9,11H2,1-2H3. The summed E-state index contributed by atoms with van der Waals surface area (Å²) < 4.78 is 5.30. The van der Waals surface area contributed by atoms with E-state index in [9.17, 15) is 0 Å². The fourth-order valence-electron chi connectivity index (χ4n) is 3.09. The number of hydrogen-bond acceptors (Lipinski definition) is 3. The van der Waals surface area contributed by atoms with Crippen LogP contribution >= 0.6 is 0 Å². The zero-order valence-corrected chi connectivity index (χ0v) is 12.0. The van der Waals surface area contributed by atoms with E-state index < -0.39 is 0 Å². The normalized spacial score (nSPS) is 24.1. The van der Waals surface area contributed by atoms with Crippen molar-refractivity contribution in [3.63, 3.8) is 0 Å². The lowest BCUT2D eigenvalue weighted by Gasteiger charge is -2.28. The van der Waals surface area contributed by atoms with Gasteiger partial charge in [-0.15, -0.1) is 0 Å². The van der Waals surface area contributed by atoms with Crippen LogP contribution in [0.1, 0.15) is 24.8 Å². The first-order valence-corrected chi connectivity index (χ1v) is 7.41. The molecule has 3 heteroatoms. The summed E-state index contributed by atoms with van der Waals surface area (Å²) in [6, 6.07) is 7.11. The van der Waals surface area contributed by atoms with Gasteiger partial charge in [0.1, 0.15) is 5.75 Å². The molecule has 1 aliphatic carbocycles. The third kappa shape index (κ3) is 2.86. The van der Waals surface area contributed by atoms with Gasteiger partial charge in [0.15, 0.2) is 0 Å². The van der Waals surface area contributed by atoms with E-state index in [0.717, 1.165) is 31.3 Å². The fraction of sp³-hybridized carbons (Fsp3) is 0.625. The number of benzene rings is 1. The molecule has 1 saturated carbocycles. The Morgan fingerprint density at radius 1 is 1.32 bits per heavy atom. The summed E-state index contributed by atoms with van der Waals surface area (Å²) in [6.07, 6.45) is 4.05. The zero-order chi connectivity index (χ0) is 13.2. The van der Waals surface area contributed by atoms with E-state index >= 15 is 0 Å². The Balaban J connectivity index is 1.79. The van der Waals surface area contributed by atoms with Crippen molar-refractivity contribution >= 4 is 5.69 Å². The molecular formula is C16H24N2O. The van der Waals surface area contributed by atoms with E-state index in [2.05, 4.69) is 35.3 Å². The molecule has 1 N–H and O–H groups in total. The Morgan fingerprint density at radius 3 is 2.84 bits per heavy atom. The highest BCUT2D eigenvalue weighted by molar-refractivity contribution is 5.56. The van der Waals surface area contributed by atoms with E-state index in [1.807, 2.05) is 0 Å². The molecule has 0 aromatic heterocycles. The van der Waals surface area contributed by atoms with Crippen molar-refractivity contribution < 1.29 is 4.74 Å². The minimum Gasteiger partial charge on any atom is -0.497 e. The molecule has 2 aliphatic rings. The predicted octanol–water partition coefficient (Wildman–Crippen LogP) is 2.58. The van der Waals surface area contributed by atoms with Crippen molar-refractivity contribution in [2.24, 2.45) is 5.92 Å². The van der Waals surface area contributed by atoms with Gasteiger partial charge in [-0.25, -0.2) is 0 Å². The molecule has 3 nitrogen and oxygen atoms in total. The molecule has 0 radical (unpaired) electrons. The quantitative estimate of drug-likeness (QED) is 0.904. The van der Waals surface area contributed by atoms with Crippen molar-refractivity contribution in [2.45, 2.75) is 32.2 Å². The van der Waals surface area contributed by atoms with E-state index in [4.69, 9.17) is 4.74 Å². The maximum absolute atomic E-state index is 5.30.